The van der Waals surface area contributed by atoms with Crippen LogP contribution in [0.3, 0.4) is 0 Å². The highest BCUT2D eigenvalue weighted by Gasteiger charge is 2.22. The molecule has 0 aliphatic carbocycles. The third-order valence-electron chi connectivity index (χ3n) is 2.92. The maximum Gasteiger partial charge on any atom is 0.243 e. The van der Waals surface area contributed by atoms with E-state index in [0.29, 0.717) is 18.1 Å². The van der Waals surface area contributed by atoms with Crippen LogP contribution in [0.4, 0.5) is 5.69 Å². The van der Waals surface area contributed by atoms with Gasteiger partial charge in [-0.05, 0) is 25.5 Å². The van der Waals surface area contributed by atoms with Crippen molar-refractivity contribution in [3.8, 4) is 0 Å². The lowest BCUT2D eigenvalue weighted by Crippen LogP contribution is -2.28. The van der Waals surface area contributed by atoms with Crippen LogP contribution in [-0.4, -0.2) is 30.1 Å². The molecule has 1 aromatic carbocycles. The van der Waals surface area contributed by atoms with Crippen LogP contribution in [0.5, 0.6) is 0 Å². The second kappa shape index (κ2) is 6.68. The van der Waals surface area contributed by atoms with E-state index >= 15 is 0 Å². The number of aromatic nitrogens is 3. The third-order valence-corrected chi connectivity index (χ3v) is 4.52. The summed E-state index contributed by atoms with van der Waals surface area (Å²) in [5.74, 6) is 0.470. The summed E-state index contributed by atoms with van der Waals surface area (Å²) >= 11 is 0. The summed E-state index contributed by atoms with van der Waals surface area (Å²) in [6, 6.07) is 6.34. The molecule has 0 saturated carbocycles. The van der Waals surface area contributed by atoms with Crippen molar-refractivity contribution in [2.75, 3.05) is 11.9 Å². The van der Waals surface area contributed by atoms with E-state index in [1.165, 1.54) is 6.33 Å². The van der Waals surface area contributed by atoms with Crippen LogP contribution >= 0.6 is 0 Å². The zero-order chi connectivity index (χ0) is 15.3. The number of sulfonamides is 1. The number of hydrogen-bond donors (Lipinski definition) is 3. The van der Waals surface area contributed by atoms with E-state index in [0.717, 1.165) is 6.42 Å². The Labute approximate surface area is 124 Å². The summed E-state index contributed by atoms with van der Waals surface area (Å²) in [5, 5.41) is 9.50. The molecule has 1 aromatic heterocycles. The van der Waals surface area contributed by atoms with E-state index in [-0.39, 0.29) is 4.90 Å². The van der Waals surface area contributed by atoms with Gasteiger partial charge in [0.05, 0.1) is 11.7 Å². The Hall–Kier alpha value is -1.93. The first kappa shape index (κ1) is 15.5. The predicted molar refractivity (Wildman–Crippen MR) is 80.3 cm³/mol. The molecule has 0 spiro atoms. The van der Waals surface area contributed by atoms with Crippen LogP contribution in [0.25, 0.3) is 0 Å². The van der Waals surface area contributed by atoms with Gasteiger partial charge in [0, 0.05) is 6.54 Å². The van der Waals surface area contributed by atoms with E-state index in [2.05, 4.69) is 25.2 Å². The van der Waals surface area contributed by atoms with Crippen molar-refractivity contribution < 1.29 is 8.42 Å². The van der Waals surface area contributed by atoms with Gasteiger partial charge in [-0.1, -0.05) is 19.1 Å². The lowest BCUT2D eigenvalue weighted by molar-refractivity contribution is 0.560. The van der Waals surface area contributed by atoms with Crippen molar-refractivity contribution >= 4 is 15.7 Å². The molecule has 0 bridgehead atoms. The molecule has 2 rings (SSSR count). The van der Waals surface area contributed by atoms with Gasteiger partial charge in [-0.15, -0.1) is 0 Å². The normalized spacial score (nSPS) is 13.0. The minimum Gasteiger partial charge on any atom is -0.384 e. The number of rotatable bonds is 7. The minimum absolute atomic E-state index is 0.227. The smallest absolute Gasteiger partial charge is 0.243 e. The van der Waals surface area contributed by atoms with Crippen molar-refractivity contribution in [3.05, 3.63) is 36.4 Å². The molecule has 0 radical (unpaired) electrons. The molecule has 7 nitrogen and oxygen atoms in total. The van der Waals surface area contributed by atoms with Crippen molar-refractivity contribution in [1.29, 1.82) is 0 Å². The number of nitrogens with zero attached hydrogens (tertiary/aromatic N) is 2. The van der Waals surface area contributed by atoms with Crippen LogP contribution < -0.4 is 10.0 Å². The average Bonchev–Trinajstić information content (AvgIpc) is 2.99. The molecule has 0 aliphatic heterocycles. The Morgan fingerprint density at radius 2 is 2.10 bits per heavy atom. The Bertz CT molecular complexity index is 670. The summed E-state index contributed by atoms with van der Waals surface area (Å²) in [6.45, 7) is 4.44. The summed E-state index contributed by atoms with van der Waals surface area (Å²) in [7, 11) is -3.65. The first-order chi connectivity index (χ1) is 10.0. The lowest BCUT2D eigenvalue weighted by atomic mass is 10.3. The van der Waals surface area contributed by atoms with Gasteiger partial charge in [-0.2, -0.15) is 5.10 Å². The largest absolute Gasteiger partial charge is 0.384 e. The molecule has 1 heterocycles. The first-order valence-corrected chi connectivity index (χ1v) is 8.23. The Morgan fingerprint density at radius 3 is 2.76 bits per heavy atom. The number of nitrogens with one attached hydrogen (secondary N) is 3. The maximum atomic E-state index is 12.5. The first-order valence-electron chi connectivity index (χ1n) is 6.75. The van der Waals surface area contributed by atoms with Gasteiger partial charge in [0.15, 0.2) is 0 Å². The molecule has 0 aliphatic rings. The molecule has 1 unspecified atom stereocenters. The topological polar surface area (TPSA) is 99.8 Å². The summed E-state index contributed by atoms with van der Waals surface area (Å²) in [5.41, 5.74) is 0.594. The van der Waals surface area contributed by atoms with Gasteiger partial charge in [0.1, 0.15) is 17.0 Å². The molecule has 2 aromatic rings. The van der Waals surface area contributed by atoms with Gasteiger partial charge in [0.2, 0.25) is 10.0 Å². The molecule has 8 heteroatoms. The summed E-state index contributed by atoms with van der Waals surface area (Å²) in [6.07, 6.45) is 2.26. The number of benzene rings is 1. The molecular weight excluding hydrogens is 290 g/mol. The van der Waals surface area contributed by atoms with Crippen LogP contribution in [-0.2, 0) is 10.0 Å². The number of anilines is 1. The number of para-hydroxylation sites is 1. The highest BCUT2D eigenvalue weighted by molar-refractivity contribution is 7.89. The molecule has 0 fully saturated rings. The number of H-pyrrole nitrogens is 1. The summed E-state index contributed by atoms with van der Waals surface area (Å²) in [4.78, 5) is 4.18. The van der Waals surface area contributed by atoms with E-state index in [1.54, 1.807) is 31.2 Å². The SMILES string of the molecule is CCCNc1ccccc1S(=O)(=O)NC(C)c1ncn[nH]1. The van der Waals surface area contributed by atoms with E-state index in [4.69, 9.17) is 0 Å². The fraction of sp³-hybridized carbons (Fsp3) is 0.385. The van der Waals surface area contributed by atoms with Crippen LogP contribution in [0.2, 0.25) is 0 Å². The van der Waals surface area contributed by atoms with Crippen molar-refractivity contribution in [3.63, 3.8) is 0 Å². The fourth-order valence-electron chi connectivity index (χ4n) is 1.88. The van der Waals surface area contributed by atoms with Gasteiger partial charge >= 0.3 is 0 Å². The molecule has 0 saturated heterocycles. The van der Waals surface area contributed by atoms with Gasteiger partial charge in [-0.3, -0.25) is 5.10 Å². The molecule has 3 N–H and O–H groups in total. The van der Waals surface area contributed by atoms with E-state index in [1.807, 2.05) is 6.92 Å². The van der Waals surface area contributed by atoms with Crippen LogP contribution in [0.1, 0.15) is 32.1 Å². The Kier molecular flexibility index (Phi) is 4.92. The highest BCUT2D eigenvalue weighted by atomic mass is 32.2. The van der Waals surface area contributed by atoms with Crippen molar-refractivity contribution in [2.24, 2.45) is 0 Å². The van der Waals surface area contributed by atoms with Crippen LogP contribution in [0, 0.1) is 0 Å². The third kappa shape index (κ3) is 3.79. The molecular formula is C13H19N5O2S. The van der Waals surface area contributed by atoms with Gasteiger partial charge in [-0.25, -0.2) is 18.1 Å². The van der Waals surface area contributed by atoms with E-state index in [9.17, 15) is 8.42 Å². The van der Waals surface area contributed by atoms with Crippen molar-refractivity contribution in [1.82, 2.24) is 19.9 Å². The van der Waals surface area contributed by atoms with Crippen molar-refractivity contribution in [2.45, 2.75) is 31.2 Å². The monoisotopic (exact) mass is 309 g/mol. The average molecular weight is 309 g/mol. The Balaban J connectivity index is 2.23. The standard InChI is InChI=1S/C13H19N5O2S/c1-3-8-14-11-6-4-5-7-12(11)21(19,20)18-10(2)13-15-9-16-17-13/h4-7,9-10,14,18H,3,8H2,1-2H3,(H,15,16,17). The quantitative estimate of drug-likeness (QED) is 0.722. The molecule has 1 atom stereocenters. The fourth-order valence-corrected chi connectivity index (χ4v) is 3.27. The van der Waals surface area contributed by atoms with Gasteiger partial charge < -0.3 is 5.32 Å². The molecule has 0 amide bonds. The zero-order valence-electron chi connectivity index (χ0n) is 12.0. The van der Waals surface area contributed by atoms with E-state index < -0.39 is 16.1 Å². The number of aromatic amines is 1. The second-order valence-electron chi connectivity index (χ2n) is 4.64. The number of hydrogen-bond acceptors (Lipinski definition) is 5. The van der Waals surface area contributed by atoms with Gasteiger partial charge in [0.25, 0.3) is 0 Å². The maximum absolute atomic E-state index is 12.5. The highest BCUT2D eigenvalue weighted by Crippen LogP contribution is 2.22. The minimum atomic E-state index is -3.65. The molecule has 21 heavy (non-hydrogen) atoms. The predicted octanol–water partition coefficient (Wildman–Crippen LogP) is 1.67. The Morgan fingerprint density at radius 1 is 1.33 bits per heavy atom. The molecule has 114 valence electrons. The zero-order valence-corrected chi connectivity index (χ0v) is 12.8. The second-order valence-corrected chi connectivity index (χ2v) is 6.32. The summed E-state index contributed by atoms with van der Waals surface area (Å²) < 4.78 is 27.6. The van der Waals surface area contributed by atoms with Crippen LogP contribution in [0.15, 0.2) is 35.5 Å². The lowest BCUT2D eigenvalue weighted by Gasteiger charge is -2.15.